The highest BCUT2D eigenvalue weighted by Gasteiger charge is 2.49. The first-order chi connectivity index (χ1) is 10.0. The van der Waals surface area contributed by atoms with Gasteiger partial charge in [0.05, 0.1) is 6.61 Å². The Labute approximate surface area is 129 Å². The summed E-state index contributed by atoms with van der Waals surface area (Å²) in [6, 6.07) is 1.03. The SMILES string of the molecule is CCOC(=O)C1(NC2CC2)CCC(N(C)CC(C)CC)C1. The molecule has 0 saturated heterocycles. The van der Waals surface area contributed by atoms with Gasteiger partial charge in [-0.25, -0.2) is 0 Å². The van der Waals surface area contributed by atoms with Crippen LogP contribution in [-0.2, 0) is 9.53 Å². The van der Waals surface area contributed by atoms with E-state index in [9.17, 15) is 4.79 Å². The fourth-order valence-corrected chi connectivity index (χ4v) is 3.43. The van der Waals surface area contributed by atoms with Crippen LogP contribution in [-0.4, -0.2) is 48.7 Å². The van der Waals surface area contributed by atoms with Crippen molar-refractivity contribution in [2.24, 2.45) is 5.92 Å². The molecule has 4 nitrogen and oxygen atoms in total. The molecule has 0 aromatic heterocycles. The van der Waals surface area contributed by atoms with Crippen LogP contribution in [0.4, 0.5) is 0 Å². The van der Waals surface area contributed by atoms with Crippen molar-refractivity contribution in [3.05, 3.63) is 0 Å². The molecular weight excluding hydrogens is 264 g/mol. The molecule has 0 aromatic carbocycles. The summed E-state index contributed by atoms with van der Waals surface area (Å²) in [4.78, 5) is 14.9. The maximum Gasteiger partial charge on any atom is 0.326 e. The maximum absolute atomic E-state index is 12.5. The summed E-state index contributed by atoms with van der Waals surface area (Å²) in [6.45, 7) is 8.02. The predicted molar refractivity (Wildman–Crippen MR) is 85.2 cm³/mol. The highest BCUT2D eigenvalue weighted by atomic mass is 16.5. The highest BCUT2D eigenvalue weighted by Crippen LogP contribution is 2.37. The first kappa shape index (κ1) is 16.8. The number of esters is 1. The van der Waals surface area contributed by atoms with Crippen LogP contribution in [0.3, 0.4) is 0 Å². The topological polar surface area (TPSA) is 41.6 Å². The number of nitrogens with one attached hydrogen (secondary N) is 1. The minimum atomic E-state index is -0.425. The molecule has 1 N–H and O–H groups in total. The molecule has 2 aliphatic rings. The Bertz CT molecular complexity index is 357. The Kier molecular flexibility index (Phi) is 5.67. The largest absolute Gasteiger partial charge is 0.465 e. The summed E-state index contributed by atoms with van der Waals surface area (Å²) in [5.74, 6) is 0.681. The number of ether oxygens (including phenoxy) is 1. The van der Waals surface area contributed by atoms with Crippen LogP contribution in [0.1, 0.15) is 59.3 Å². The van der Waals surface area contributed by atoms with Crippen molar-refractivity contribution in [1.82, 2.24) is 10.2 Å². The van der Waals surface area contributed by atoms with Gasteiger partial charge in [0.2, 0.25) is 0 Å². The van der Waals surface area contributed by atoms with Gasteiger partial charge in [-0.05, 0) is 52.0 Å². The van der Waals surface area contributed by atoms with E-state index in [4.69, 9.17) is 4.74 Å². The van der Waals surface area contributed by atoms with Gasteiger partial charge in [0.15, 0.2) is 0 Å². The lowest BCUT2D eigenvalue weighted by molar-refractivity contribution is -0.151. The molecule has 0 amide bonds. The van der Waals surface area contributed by atoms with E-state index in [1.165, 1.54) is 19.3 Å². The van der Waals surface area contributed by atoms with E-state index in [0.29, 0.717) is 24.6 Å². The second kappa shape index (κ2) is 7.10. The lowest BCUT2D eigenvalue weighted by Gasteiger charge is -2.31. The number of carbonyl (C=O) groups excluding carboxylic acids is 1. The zero-order valence-electron chi connectivity index (χ0n) is 14.2. The fourth-order valence-electron chi connectivity index (χ4n) is 3.43. The molecular formula is C17H32N2O2. The Hall–Kier alpha value is -0.610. The molecule has 21 heavy (non-hydrogen) atoms. The highest BCUT2D eigenvalue weighted by molar-refractivity contribution is 5.81. The summed E-state index contributed by atoms with van der Waals surface area (Å²) in [5.41, 5.74) is -0.425. The number of carbonyl (C=O) groups is 1. The van der Waals surface area contributed by atoms with Gasteiger partial charge in [0.25, 0.3) is 0 Å². The Morgan fingerprint density at radius 1 is 1.38 bits per heavy atom. The zero-order chi connectivity index (χ0) is 15.5. The molecule has 2 saturated carbocycles. The molecule has 0 radical (unpaired) electrons. The Balaban J connectivity index is 1.98. The molecule has 0 aromatic rings. The van der Waals surface area contributed by atoms with E-state index in [1.54, 1.807) is 0 Å². The molecule has 0 heterocycles. The van der Waals surface area contributed by atoms with E-state index >= 15 is 0 Å². The van der Waals surface area contributed by atoms with Crippen LogP contribution in [0.15, 0.2) is 0 Å². The average molecular weight is 296 g/mol. The van der Waals surface area contributed by atoms with E-state index in [-0.39, 0.29) is 5.97 Å². The van der Waals surface area contributed by atoms with Gasteiger partial charge < -0.3 is 9.64 Å². The molecule has 2 rings (SSSR count). The minimum Gasteiger partial charge on any atom is -0.465 e. The van der Waals surface area contributed by atoms with Crippen molar-refractivity contribution in [1.29, 1.82) is 0 Å². The van der Waals surface area contributed by atoms with Crippen molar-refractivity contribution in [2.75, 3.05) is 20.2 Å². The van der Waals surface area contributed by atoms with E-state index in [0.717, 1.165) is 25.8 Å². The van der Waals surface area contributed by atoms with Gasteiger partial charge in [-0.2, -0.15) is 0 Å². The quantitative estimate of drug-likeness (QED) is 0.699. The van der Waals surface area contributed by atoms with Crippen LogP contribution in [0, 0.1) is 5.92 Å². The molecule has 2 aliphatic carbocycles. The third-order valence-electron chi connectivity index (χ3n) is 5.13. The number of rotatable bonds is 8. The fraction of sp³-hybridized carbons (Fsp3) is 0.941. The van der Waals surface area contributed by atoms with Crippen molar-refractivity contribution in [3.8, 4) is 0 Å². The number of nitrogens with zero attached hydrogens (tertiary/aromatic N) is 1. The van der Waals surface area contributed by atoms with Crippen LogP contribution < -0.4 is 5.32 Å². The lowest BCUT2D eigenvalue weighted by Crippen LogP contribution is -2.53. The minimum absolute atomic E-state index is 0.0312. The van der Waals surface area contributed by atoms with Crippen molar-refractivity contribution >= 4 is 5.97 Å². The second-order valence-corrected chi connectivity index (χ2v) is 7.07. The predicted octanol–water partition coefficient (Wildman–Crippen LogP) is 2.57. The van der Waals surface area contributed by atoms with E-state index < -0.39 is 5.54 Å². The summed E-state index contributed by atoms with van der Waals surface area (Å²) >= 11 is 0. The number of hydrogen-bond donors (Lipinski definition) is 1. The van der Waals surface area contributed by atoms with Crippen LogP contribution in [0.25, 0.3) is 0 Å². The number of hydrogen-bond acceptors (Lipinski definition) is 4. The van der Waals surface area contributed by atoms with Crippen LogP contribution in [0.2, 0.25) is 0 Å². The molecule has 3 atom stereocenters. The van der Waals surface area contributed by atoms with Gasteiger partial charge in [-0.1, -0.05) is 20.3 Å². The standard InChI is InChI=1S/C17H32N2O2/c1-5-13(3)12-19(4)15-9-10-17(11-15,16(20)21-6-2)18-14-7-8-14/h13-15,18H,5-12H2,1-4H3. The summed E-state index contributed by atoms with van der Waals surface area (Å²) in [6.07, 6.45) is 6.52. The Morgan fingerprint density at radius 2 is 2.10 bits per heavy atom. The first-order valence-electron chi connectivity index (χ1n) is 8.66. The molecule has 0 spiro atoms. The zero-order valence-corrected chi connectivity index (χ0v) is 14.2. The average Bonchev–Trinajstić information content (AvgIpc) is 3.15. The molecule has 122 valence electrons. The van der Waals surface area contributed by atoms with Crippen molar-refractivity contribution < 1.29 is 9.53 Å². The lowest BCUT2D eigenvalue weighted by atomic mass is 9.96. The Morgan fingerprint density at radius 3 is 2.67 bits per heavy atom. The smallest absolute Gasteiger partial charge is 0.326 e. The third-order valence-corrected chi connectivity index (χ3v) is 5.13. The van der Waals surface area contributed by atoms with Gasteiger partial charge >= 0.3 is 5.97 Å². The van der Waals surface area contributed by atoms with Crippen molar-refractivity contribution in [2.45, 2.75) is 76.9 Å². The summed E-state index contributed by atoms with van der Waals surface area (Å²) in [7, 11) is 2.20. The molecule has 3 unspecified atom stereocenters. The van der Waals surface area contributed by atoms with Gasteiger partial charge in [-0.15, -0.1) is 0 Å². The summed E-state index contributed by atoms with van der Waals surface area (Å²) < 4.78 is 5.37. The molecule has 0 aliphatic heterocycles. The molecule has 2 fully saturated rings. The van der Waals surface area contributed by atoms with Gasteiger partial charge in [0.1, 0.15) is 5.54 Å². The van der Waals surface area contributed by atoms with E-state index in [1.807, 2.05) is 6.92 Å². The van der Waals surface area contributed by atoms with Crippen molar-refractivity contribution in [3.63, 3.8) is 0 Å². The monoisotopic (exact) mass is 296 g/mol. The van der Waals surface area contributed by atoms with Crippen LogP contribution in [0.5, 0.6) is 0 Å². The van der Waals surface area contributed by atoms with Crippen LogP contribution >= 0.6 is 0 Å². The summed E-state index contributed by atoms with van der Waals surface area (Å²) in [5, 5.41) is 3.60. The third kappa shape index (κ3) is 4.19. The first-order valence-corrected chi connectivity index (χ1v) is 8.66. The van der Waals surface area contributed by atoms with Gasteiger partial charge in [0, 0.05) is 18.6 Å². The second-order valence-electron chi connectivity index (χ2n) is 7.07. The molecule has 4 heteroatoms. The van der Waals surface area contributed by atoms with E-state index in [2.05, 4.69) is 31.1 Å². The molecule has 0 bridgehead atoms. The van der Waals surface area contributed by atoms with Gasteiger partial charge in [-0.3, -0.25) is 10.1 Å². The maximum atomic E-state index is 12.5. The normalized spacial score (nSPS) is 30.6.